The molecular weight excluding hydrogens is 448 g/mol. The lowest BCUT2D eigenvalue weighted by molar-refractivity contribution is -0.114. The highest BCUT2D eigenvalue weighted by Crippen LogP contribution is 2.30. The van der Waals surface area contributed by atoms with Gasteiger partial charge < -0.3 is 10.1 Å². The van der Waals surface area contributed by atoms with Crippen molar-refractivity contribution in [1.82, 2.24) is 15.2 Å². The fourth-order valence-corrected chi connectivity index (χ4v) is 4.01. The van der Waals surface area contributed by atoms with E-state index in [0.29, 0.717) is 33.5 Å². The van der Waals surface area contributed by atoms with E-state index >= 15 is 0 Å². The third-order valence-corrected chi connectivity index (χ3v) is 5.77. The van der Waals surface area contributed by atoms with E-state index in [4.69, 9.17) is 9.72 Å². The molecule has 34 heavy (non-hydrogen) atoms. The van der Waals surface area contributed by atoms with Crippen LogP contribution in [0.25, 0.3) is 22.5 Å². The molecule has 0 aliphatic heterocycles. The van der Waals surface area contributed by atoms with Gasteiger partial charge in [0, 0.05) is 23.6 Å². The molecule has 0 aliphatic carbocycles. The monoisotopic (exact) mass is 470 g/mol. The van der Waals surface area contributed by atoms with Crippen molar-refractivity contribution in [3.05, 3.63) is 84.4 Å². The fraction of sp³-hybridized carbons (Fsp3) is 0.115. The summed E-state index contributed by atoms with van der Waals surface area (Å²) in [6.07, 6.45) is 0. The van der Waals surface area contributed by atoms with Crippen LogP contribution in [0.1, 0.15) is 17.3 Å². The van der Waals surface area contributed by atoms with Gasteiger partial charge in [0.15, 0.2) is 5.78 Å². The fourth-order valence-electron chi connectivity index (χ4n) is 3.33. The van der Waals surface area contributed by atoms with Crippen molar-refractivity contribution in [2.75, 3.05) is 18.2 Å². The second kappa shape index (κ2) is 10.7. The first-order chi connectivity index (χ1) is 16.5. The van der Waals surface area contributed by atoms with Gasteiger partial charge in [-0.25, -0.2) is 4.98 Å². The number of ether oxygens (including phenoxy) is 1. The Labute approximate surface area is 201 Å². The number of hydrogen-bond acceptors (Lipinski definition) is 7. The van der Waals surface area contributed by atoms with E-state index in [1.54, 1.807) is 18.2 Å². The van der Waals surface area contributed by atoms with Crippen LogP contribution >= 0.6 is 11.8 Å². The van der Waals surface area contributed by atoms with Crippen LogP contribution < -0.4 is 10.1 Å². The molecule has 1 heterocycles. The van der Waals surface area contributed by atoms with E-state index in [-0.39, 0.29) is 17.4 Å². The molecule has 0 saturated heterocycles. The number of methoxy groups -OCH3 is 1. The normalized spacial score (nSPS) is 10.5. The van der Waals surface area contributed by atoms with Crippen molar-refractivity contribution in [3.63, 3.8) is 0 Å². The maximum absolute atomic E-state index is 12.8. The number of nitrogens with zero attached hydrogens (tertiary/aromatic N) is 3. The molecule has 4 aromatic rings. The lowest BCUT2D eigenvalue weighted by Crippen LogP contribution is -2.09. The van der Waals surface area contributed by atoms with Crippen LogP contribution in [0.5, 0.6) is 5.75 Å². The summed E-state index contributed by atoms with van der Waals surface area (Å²) in [5, 5.41) is 11.8. The molecule has 4 rings (SSSR count). The van der Waals surface area contributed by atoms with Gasteiger partial charge in [-0.15, -0.1) is 10.2 Å². The number of ketones is 1. The van der Waals surface area contributed by atoms with Gasteiger partial charge in [-0.1, -0.05) is 72.4 Å². The van der Waals surface area contributed by atoms with Crippen LogP contribution in [0.15, 0.2) is 84.0 Å². The Balaban J connectivity index is 1.57. The second-order valence-electron chi connectivity index (χ2n) is 7.33. The number of aromatic nitrogens is 3. The lowest BCUT2D eigenvalue weighted by atomic mass is 10.0. The molecule has 8 heteroatoms. The lowest BCUT2D eigenvalue weighted by Gasteiger charge is -2.11. The zero-order valence-electron chi connectivity index (χ0n) is 18.7. The number of rotatable bonds is 8. The molecule has 3 aromatic carbocycles. The van der Waals surface area contributed by atoms with E-state index < -0.39 is 0 Å². The van der Waals surface area contributed by atoms with Gasteiger partial charge in [0.1, 0.15) is 17.1 Å². The Morgan fingerprint density at radius 1 is 0.882 bits per heavy atom. The smallest absolute Gasteiger partial charge is 0.221 e. The summed E-state index contributed by atoms with van der Waals surface area (Å²) in [6, 6.07) is 24.5. The molecule has 0 bridgehead atoms. The molecule has 0 saturated carbocycles. The van der Waals surface area contributed by atoms with E-state index in [1.165, 1.54) is 25.8 Å². The van der Waals surface area contributed by atoms with Gasteiger partial charge in [-0.05, 0) is 18.2 Å². The second-order valence-corrected chi connectivity index (χ2v) is 8.27. The number of hydrogen-bond donors (Lipinski definition) is 1. The van der Waals surface area contributed by atoms with Crippen molar-refractivity contribution < 1.29 is 14.3 Å². The molecule has 0 radical (unpaired) electrons. The van der Waals surface area contributed by atoms with Gasteiger partial charge in [-0.3, -0.25) is 9.59 Å². The number of anilines is 1. The zero-order chi connectivity index (χ0) is 23.9. The number of benzene rings is 3. The summed E-state index contributed by atoms with van der Waals surface area (Å²) < 4.78 is 5.31. The molecule has 0 unspecified atom stereocenters. The summed E-state index contributed by atoms with van der Waals surface area (Å²) in [6.45, 7) is 1.41. The third kappa shape index (κ3) is 5.47. The molecule has 0 fully saturated rings. The van der Waals surface area contributed by atoms with Crippen molar-refractivity contribution >= 4 is 29.1 Å². The van der Waals surface area contributed by atoms with Gasteiger partial charge in [-0.2, -0.15) is 0 Å². The van der Waals surface area contributed by atoms with E-state index in [2.05, 4.69) is 15.5 Å². The van der Waals surface area contributed by atoms with E-state index in [0.717, 1.165) is 11.1 Å². The van der Waals surface area contributed by atoms with Crippen molar-refractivity contribution in [2.45, 2.75) is 12.1 Å². The largest absolute Gasteiger partial charge is 0.495 e. The molecule has 1 N–H and O–H groups in total. The standard InChI is InChI=1S/C26H22N4O3S/c1-17(31)27-21-14-13-20(15-23(21)33-2)22(32)16-34-26-28-24(18-9-5-3-6-10-18)25(29-30-26)19-11-7-4-8-12-19/h3-15H,16H2,1-2H3,(H,27,31). The first kappa shape index (κ1) is 23.1. The molecule has 0 spiro atoms. The number of carbonyl (C=O) groups is 2. The van der Waals surface area contributed by atoms with Crippen LogP contribution in [0.2, 0.25) is 0 Å². The first-order valence-corrected chi connectivity index (χ1v) is 11.5. The van der Waals surface area contributed by atoms with Gasteiger partial charge in [0.25, 0.3) is 0 Å². The summed E-state index contributed by atoms with van der Waals surface area (Å²) in [5.41, 5.74) is 4.20. The Kier molecular flexibility index (Phi) is 7.29. The van der Waals surface area contributed by atoms with E-state index in [9.17, 15) is 9.59 Å². The summed E-state index contributed by atoms with van der Waals surface area (Å²) in [5.74, 6) is 0.214. The Bertz CT molecular complexity index is 1310. The minimum atomic E-state index is -0.217. The van der Waals surface area contributed by atoms with Crippen molar-refractivity contribution in [3.8, 4) is 28.3 Å². The van der Waals surface area contributed by atoms with Crippen LogP contribution in [-0.4, -0.2) is 39.7 Å². The van der Waals surface area contributed by atoms with Crippen LogP contribution in [-0.2, 0) is 4.79 Å². The summed E-state index contributed by atoms with van der Waals surface area (Å²) in [4.78, 5) is 28.9. The Morgan fingerprint density at radius 3 is 2.15 bits per heavy atom. The summed E-state index contributed by atoms with van der Waals surface area (Å²) in [7, 11) is 1.49. The SMILES string of the molecule is COc1cc(C(=O)CSc2nnc(-c3ccccc3)c(-c3ccccc3)n2)ccc1NC(C)=O. The molecule has 7 nitrogen and oxygen atoms in total. The molecule has 1 amide bonds. The number of nitrogens with one attached hydrogen (secondary N) is 1. The molecule has 0 aliphatic rings. The maximum atomic E-state index is 12.8. The predicted molar refractivity (Wildman–Crippen MR) is 133 cm³/mol. The third-order valence-electron chi connectivity index (χ3n) is 4.93. The highest BCUT2D eigenvalue weighted by molar-refractivity contribution is 7.99. The van der Waals surface area contributed by atoms with Gasteiger partial charge in [0.05, 0.1) is 18.6 Å². The quantitative estimate of drug-likeness (QED) is 0.281. The average molecular weight is 471 g/mol. The van der Waals surface area contributed by atoms with Crippen molar-refractivity contribution in [2.24, 2.45) is 0 Å². The maximum Gasteiger partial charge on any atom is 0.221 e. The number of Topliss-reactive ketones (excluding diaryl/α,β-unsaturated/α-hetero) is 1. The first-order valence-electron chi connectivity index (χ1n) is 10.5. The van der Waals surface area contributed by atoms with Crippen LogP contribution in [0, 0.1) is 0 Å². The average Bonchev–Trinajstić information content (AvgIpc) is 2.88. The number of carbonyl (C=O) groups excluding carboxylic acids is 2. The number of thioether (sulfide) groups is 1. The number of amides is 1. The summed E-state index contributed by atoms with van der Waals surface area (Å²) >= 11 is 1.22. The molecule has 170 valence electrons. The predicted octanol–water partition coefficient (Wildman–Crippen LogP) is 5.15. The van der Waals surface area contributed by atoms with Gasteiger partial charge >= 0.3 is 0 Å². The topological polar surface area (TPSA) is 94.1 Å². The van der Waals surface area contributed by atoms with Crippen LogP contribution in [0.4, 0.5) is 5.69 Å². The highest BCUT2D eigenvalue weighted by atomic mass is 32.2. The van der Waals surface area contributed by atoms with Crippen molar-refractivity contribution in [1.29, 1.82) is 0 Å². The zero-order valence-corrected chi connectivity index (χ0v) is 19.5. The molecule has 0 atom stereocenters. The van der Waals surface area contributed by atoms with E-state index in [1.807, 2.05) is 60.7 Å². The Morgan fingerprint density at radius 2 is 1.53 bits per heavy atom. The van der Waals surface area contributed by atoms with Gasteiger partial charge in [0.2, 0.25) is 11.1 Å². The van der Waals surface area contributed by atoms with Crippen LogP contribution in [0.3, 0.4) is 0 Å². The molecule has 1 aromatic heterocycles. The molecular formula is C26H22N4O3S. The highest BCUT2D eigenvalue weighted by Gasteiger charge is 2.16. The Hall–Kier alpha value is -4.04. The minimum Gasteiger partial charge on any atom is -0.495 e. The minimum absolute atomic E-state index is 0.116.